The summed E-state index contributed by atoms with van der Waals surface area (Å²) in [5.74, 6) is -2.52. The number of amides is 2. The maximum Gasteiger partial charge on any atom is 0.326 e. The summed E-state index contributed by atoms with van der Waals surface area (Å²) >= 11 is 13.9. The van der Waals surface area contributed by atoms with Crippen molar-refractivity contribution in [3.8, 4) is 0 Å². The van der Waals surface area contributed by atoms with Gasteiger partial charge in [-0.15, -0.1) is 0 Å². The highest BCUT2D eigenvalue weighted by Crippen LogP contribution is 2.39. The topological polar surface area (TPSA) is 156 Å². The number of rotatable bonds is 8. The normalized spacial score (nSPS) is 12.4. The smallest absolute Gasteiger partial charge is 0.326 e. The third kappa shape index (κ3) is 5.91. The number of fused-ring (bicyclic) bond motifs is 2. The number of halogens is 2. The van der Waals surface area contributed by atoms with Crippen LogP contribution in [0.5, 0.6) is 0 Å². The SMILES string of the molecule is CS(=O)(=O)c1cccc(C[C@H](NC(=O)c2c(Cl)cc3c(NC(=O)c4cc5ccccc5o4)nsc3c2Cl)C(=O)O)c1. The Labute approximate surface area is 247 Å². The maximum absolute atomic E-state index is 13.2. The van der Waals surface area contributed by atoms with Gasteiger partial charge in [-0.25, -0.2) is 13.2 Å². The van der Waals surface area contributed by atoms with Crippen LogP contribution in [0.1, 0.15) is 26.5 Å². The molecule has 5 aromatic rings. The third-order valence-corrected chi connectivity index (χ3v) is 8.91. The van der Waals surface area contributed by atoms with Gasteiger partial charge in [0.2, 0.25) is 0 Å². The fourth-order valence-corrected chi connectivity index (χ4v) is 6.32. The molecule has 3 aromatic carbocycles. The largest absolute Gasteiger partial charge is 0.480 e. The molecule has 0 saturated heterocycles. The van der Waals surface area contributed by atoms with E-state index in [4.69, 9.17) is 27.6 Å². The van der Waals surface area contributed by atoms with Gasteiger partial charge in [-0.1, -0.05) is 53.5 Å². The number of aromatic nitrogens is 1. The van der Waals surface area contributed by atoms with Gasteiger partial charge in [-0.05, 0) is 47.4 Å². The molecule has 2 amide bonds. The van der Waals surface area contributed by atoms with Gasteiger partial charge in [0.05, 0.1) is 25.2 Å². The molecule has 2 heterocycles. The minimum absolute atomic E-state index is 0.0235. The van der Waals surface area contributed by atoms with Gasteiger partial charge < -0.3 is 20.2 Å². The first kappa shape index (κ1) is 28.6. The molecule has 0 bridgehead atoms. The van der Waals surface area contributed by atoms with Crippen molar-refractivity contribution in [1.29, 1.82) is 0 Å². The summed E-state index contributed by atoms with van der Waals surface area (Å²) in [5.41, 5.74) is 0.765. The molecule has 0 aliphatic rings. The van der Waals surface area contributed by atoms with Crippen molar-refractivity contribution in [3.63, 3.8) is 0 Å². The average Bonchev–Trinajstić information content (AvgIpc) is 3.52. The first-order valence-corrected chi connectivity index (χ1v) is 15.2. The van der Waals surface area contributed by atoms with E-state index in [9.17, 15) is 27.9 Å². The number of nitrogens with zero attached hydrogens (tertiary/aromatic N) is 1. The number of para-hydroxylation sites is 1. The van der Waals surface area contributed by atoms with Crippen LogP contribution < -0.4 is 10.6 Å². The number of hydrogen-bond donors (Lipinski definition) is 3. The van der Waals surface area contributed by atoms with E-state index in [0.29, 0.717) is 21.2 Å². The molecule has 0 aliphatic heterocycles. The standard InChI is InChI=1S/C27H19Cl2N3O7S2/c1-41(37,38)15-7-4-5-13(9-15)10-18(27(35)36)30-26(34)21-17(28)12-16-23(22(21)29)40-32-24(16)31-25(33)20-11-14-6-2-3-8-19(14)39-20/h2-9,11-12,18H,10H2,1H3,(H,30,34)(H,35,36)(H,31,32,33)/t18-/m0/s1. The van der Waals surface area contributed by atoms with Crippen molar-refractivity contribution >= 4 is 89.2 Å². The zero-order valence-electron chi connectivity index (χ0n) is 21.0. The first-order valence-electron chi connectivity index (χ1n) is 11.8. The molecular weight excluding hydrogens is 613 g/mol. The molecule has 3 N–H and O–H groups in total. The minimum atomic E-state index is -3.51. The van der Waals surface area contributed by atoms with Crippen LogP contribution in [0.25, 0.3) is 21.1 Å². The van der Waals surface area contributed by atoms with E-state index in [1.165, 1.54) is 24.3 Å². The number of anilines is 1. The van der Waals surface area contributed by atoms with Gasteiger partial charge in [-0.2, -0.15) is 4.37 Å². The van der Waals surface area contributed by atoms with Crippen molar-refractivity contribution in [2.24, 2.45) is 0 Å². The van der Waals surface area contributed by atoms with Crippen molar-refractivity contribution in [1.82, 2.24) is 9.69 Å². The van der Waals surface area contributed by atoms with E-state index in [1.807, 2.05) is 12.1 Å². The molecule has 0 fully saturated rings. The molecule has 2 aromatic heterocycles. The number of nitrogens with one attached hydrogen (secondary N) is 2. The third-order valence-electron chi connectivity index (χ3n) is 6.13. The molecule has 10 nitrogen and oxygen atoms in total. The summed E-state index contributed by atoms with van der Waals surface area (Å²) in [5, 5.41) is 15.8. The number of benzene rings is 3. The number of aliphatic carboxylic acids is 1. The Morgan fingerprint density at radius 2 is 1.80 bits per heavy atom. The van der Waals surface area contributed by atoms with Crippen LogP contribution in [0.15, 0.2) is 70.0 Å². The molecule has 5 rings (SSSR count). The lowest BCUT2D eigenvalue weighted by Crippen LogP contribution is -2.42. The Bertz CT molecular complexity index is 1940. The molecule has 0 saturated carbocycles. The summed E-state index contributed by atoms with van der Waals surface area (Å²) in [6.45, 7) is 0. The van der Waals surface area contributed by atoms with Crippen LogP contribution in [0, 0.1) is 0 Å². The maximum atomic E-state index is 13.2. The molecule has 14 heteroatoms. The zero-order chi connectivity index (χ0) is 29.5. The number of carboxylic acids is 1. The zero-order valence-corrected chi connectivity index (χ0v) is 24.1. The summed E-state index contributed by atoms with van der Waals surface area (Å²) in [6, 6.07) is 14.5. The summed E-state index contributed by atoms with van der Waals surface area (Å²) in [4.78, 5) is 38.0. The van der Waals surface area contributed by atoms with Crippen LogP contribution in [0.3, 0.4) is 0 Å². The lowest BCUT2D eigenvalue weighted by molar-refractivity contribution is -0.139. The fourth-order valence-electron chi connectivity index (χ4n) is 4.14. The Balaban J connectivity index is 1.39. The van der Waals surface area contributed by atoms with Gasteiger partial charge >= 0.3 is 5.97 Å². The van der Waals surface area contributed by atoms with Gasteiger partial charge in [0.15, 0.2) is 21.4 Å². The quantitative estimate of drug-likeness (QED) is 0.205. The van der Waals surface area contributed by atoms with E-state index in [2.05, 4.69) is 15.0 Å². The van der Waals surface area contributed by atoms with Crippen LogP contribution in [0.2, 0.25) is 10.0 Å². The number of hydrogen-bond acceptors (Lipinski definition) is 8. The molecule has 210 valence electrons. The van der Waals surface area contributed by atoms with Gasteiger partial charge in [0, 0.05) is 23.4 Å². The average molecular weight is 633 g/mol. The number of carboxylic acid groups (broad SMARTS) is 1. The molecule has 41 heavy (non-hydrogen) atoms. The predicted molar refractivity (Wildman–Crippen MR) is 156 cm³/mol. The van der Waals surface area contributed by atoms with Gasteiger partial charge in [0.25, 0.3) is 11.8 Å². The molecule has 0 spiro atoms. The lowest BCUT2D eigenvalue weighted by Gasteiger charge is -2.16. The summed E-state index contributed by atoms with van der Waals surface area (Å²) in [7, 11) is -3.51. The Morgan fingerprint density at radius 3 is 2.51 bits per heavy atom. The molecule has 0 unspecified atom stereocenters. The van der Waals surface area contributed by atoms with E-state index >= 15 is 0 Å². The molecule has 0 aliphatic carbocycles. The van der Waals surface area contributed by atoms with Crippen LogP contribution in [-0.2, 0) is 21.1 Å². The highest BCUT2D eigenvalue weighted by molar-refractivity contribution is 7.90. The van der Waals surface area contributed by atoms with Gasteiger partial charge in [0.1, 0.15) is 11.6 Å². The highest BCUT2D eigenvalue weighted by atomic mass is 35.5. The Kier molecular flexibility index (Phi) is 7.75. The minimum Gasteiger partial charge on any atom is -0.480 e. The highest BCUT2D eigenvalue weighted by Gasteiger charge is 2.27. The van der Waals surface area contributed by atoms with Crippen molar-refractivity contribution in [3.05, 3.63) is 87.6 Å². The molecular formula is C27H19Cl2N3O7S2. The number of carbonyl (C=O) groups excluding carboxylic acids is 2. The monoisotopic (exact) mass is 631 g/mol. The van der Waals surface area contributed by atoms with Crippen molar-refractivity contribution in [2.45, 2.75) is 17.4 Å². The Hall–Kier alpha value is -3.97. The van der Waals surface area contributed by atoms with Crippen LogP contribution in [-0.4, -0.2) is 48.0 Å². The number of furan rings is 1. The van der Waals surface area contributed by atoms with E-state index < -0.39 is 33.7 Å². The van der Waals surface area contributed by atoms with E-state index in [1.54, 1.807) is 24.3 Å². The lowest BCUT2D eigenvalue weighted by atomic mass is 10.1. The molecule has 1 atom stereocenters. The van der Waals surface area contributed by atoms with E-state index in [-0.39, 0.29) is 38.5 Å². The second-order valence-corrected chi connectivity index (χ2v) is 12.6. The second kappa shape index (κ2) is 11.1. The molecule has 0 radical (unpaired) electrons. The number of sulfone groups is 1. The van der Waals surface area contributed by atoms with Crippen LogP contribution in [0.4, 0.5) is 5.82 Å². The fraction of sp³-hybridized carbons (Fsp3) is 0.111. The predicted octanol–water partition coefficient (Wildman–Crippen LogP) is 5.43. The van der Waals surface area contributed by atoms with E-state index in [0.717, 1.165) is 23.2 Å². The number of carbonyl (C=O) groups is 3. The Morgan fingerprint density at radius 1 is 1.05 bits per heavy atom. The summed E-state index contributed by atoms with van der Waals surface area (Å²) < 4.78 is 33.9. The van der Waals surface area contributed by atoms with Crippen molar-refractivity contribution < 1.29 is 32.3 Å². The van der Waals surface area contributed by atoms with Crippen LogP contribution >= 0.6 is 34.7 Å². The van der Waals surface area contributed by atoms with Gasteiger partial charge in [-0.3, -0.25) is 9.59 Å². The first-order chi connectivity index (χ1) is 19.4. The second-order valence-electron chi connectivity index (χ2n) is 9.05. The van der Waals surface area contributed by atoms with Crippen molar-refractivity contribution in [2.75, 3.05) is 11.6 Å². The summed E-state index contributed by atoms with van der Waals surface area (Å²) in [6.07, 6.45) is 0.846.